The Morgan fingerprint density at radius 3 is 2.80 bits per heavy atom. The van der Waals surface area contributed by atoms with E-state index in [2.05, 4.69) is 9.68 Å². The monoisotopic (exact) mass is 140 g/mol. The molecule has 0 amide bonds. The molecule has 1 aromatic rings. The zero-order valence-electron chi connectivity index (χ0n) is 6.03. The Hall–Kier alpha value is -1.32. The average Bonchev–Trinajstić information content (AvgIpc) is 2.15. The van der Waals surface area contributed by atoms with Crippen LogP contribution in [0.3, 0.4) is 0 Å². The zero-order valence-corrected chi connectivity index (χ0v) is 6.03. The smallest absolute Gasteiger partial charge is 0.235 e. The number of anilines is 1. The number of nitrogen functional groups attached to an aromatic ring is 1. The van der Waals surface area contributed by atoms with E-state index in [1.807, 2.05) is 24.9 Å². The standard InChI is InChI=1S/C6H9N3O/c1-9(2)4-5-3-8-10-6(5)7/h3-4,7H,1-2H3/p+1. The van der Waals surface area contributed by atoms with Gasteiger partial charge in [0.1, 0.15) is 19.7 Å². The topological polar surface area (TPSA) is 55.1 Å². The molecule has 1 heterocycles. The van der Waals surface area contributed by atoms with Crippen molar-refractivity contribution in [2.75, 3.05) is 19.8 Å². The van der Waals surface area contributed by atoms with Gasteiger partial charge in [0, 0.05) is 0 Å². The van der Waals surface area contributed by atoms with E-state index in [0.717, 1.165) is 5.56 Å². The normalized spacial score (nSPS) is 9.40. The van der Waals surface area contributed by atoms with Gasteiger partial charge in [-0.25, -0.2) is 4.58 Å². The van der Waals surface area contributed by atoms with Crippen molar-refractivity contribution in [2.45, 2.75) is 0 Å². The van der Waals surface area contributed by atoms with Crippen molar-refractivity contribution in [3.05, 3.63) is 11.8 Å². The molecule has 0 radical (unpaired) electrons. The predicted molar refractivity (Wildman–Crippen MR) is 38.2 cm³/mol. The molecule has 0 aromatic carbocycles. The Bertz CT molecular complexity index is 247. The van der Waals surface area contributed by atoms with Crippen LogP contribution in [-0.4, -0.2) is 30.0 Å². The molecule has 0 unspecified atom stereocenters. The highest BCUT2D eigenvalue weighted by molar-refractivity contribution is 5.80. The lowest BCUT2D eigenvalue weighted by Gasteiger charge is -1.83. The summed E-state index contributed by atoms with van der Waals surface area (Å²) < 4.78 is 6.51. The maximum absolute atomic E-state index is 5.40. The summed E-state index contributed by atoms with van der Waals surface area (Å²) in [5.41, 5.74) is 6.21. The summed E-state index contributed by atoms with van der Waals surface area (Å²) in [4.78, 5) is 0. The Morgan fingerprint density at radius 2 is 2.40 bits per heavy atom. The first kappa shape index (κ1) is 6.80. The minimum atomic E-state index is 0.355. The summed E-state index contributed by atoms with van der Waals surface area (Å²) in [5.74, 6) is 0.355. The Balaban J connectivity index is 2.95. The molecule has 10 heavy (non-hydrogen) atoms. The van der Waals surface area contributed by atoms with Crippen LogP contribution >= 0.6 is 0 Å². The number of nitrogens with two attached hydrogens (primary N) is 1. The molecule has 4 heteroatoms. The molecule has 4 nitrogen and oxygen atoms in total. The molecular weight excluding hydrogens is 130 g/mol. The molecule has 0 aliphatic heterocycles. The Kier molecular flexibility index (Phi) is 1.71. The first-order valence-electron chi connectivity index (χ1n) is 2.91. The van der Waals surface area contributed by atoms with E-state index >= 15 is 0 Å². The van der Waals surface area contributed by atoms with E-state index in [-0.39, 0.29) is 0 Å². The van der Waals surface area contributed by atoms with Gasteiger partial charge in [0.2, 0.25) is 5.88 Å². The van der Waals surface area contributed by atoms with E-state index in [1.165, 1.54) is 0 Å². The lowest BCUT2D eigenvalue weighted by molar-refractivity contribution is -0.458. The molecule has 0 saturated heterocycles. The second kappa shape index (κ2) is 2.51. The fourth-order valence-electron chi connectivity index (χ4n) is 0.631. The van der Waals surface area contributed by atoms with Crippen molar-refractivity contribution >= 4 is 12.1 Å². The van der Waals surface area contributed by atoms with E-state index in [9.17, 15) is 0 Å². The van der Waals surface area contributed by atoms with Gasteiger partial charge in [0.05, 0.1) is 6.20 Å². The van der Waals surface area contributed by atoms with Gasteiger partial charge in [-0.1, -0.05) is 5.16 Å². The van der Waals surface area contributed by atoms with E-state index in [1.54, 1.807) is 6.20 Å². The third kappa shape index (κ3) is 1.34. The second-order valence-corrected chi connectivity index (χ2v) is 2.24. The number of hydrogen-bond acceptors (Lipinski definition) is 3. The fraction of sp³-hybridized carbons (Fsp3) is 0.333. The van der Waals surface area contributed by atoms with Crippen molar-refractivity contribution < 1.29 is 9.10 Å². The van der Waals surface area contributed by atoms with Crippen LogP contribution in [0.1, 0.15) is 5.56 Å². The zero-order chi connectivity index (χ0) is 7.56. The van der Waals surface area contributed by atoms with Crippen LogP contribution in [0.5, 0.6) is 0 Å². The van der Waals surface area contributed by atoms with Crippen molar-refractivity contribution in [3.8, 4) is 0 Å². The van der Waals surface area contributed by atoms with Crippen LogP contribution in [0, 0.1) is 0 Å². The quantitative estimate of drug-likeness (QED) is 0.439. The van der Waals surface area contributed by atoms with E-state index in [0.29, 0.717) is 5.88 Å². The van der Waals surface area contributed by atoms with Gasteiger partial charge in [-0.3, -0.25) is 0 Å². The molecule has 1 aromatic heterocycles. The number of hydrogen-bond donors (Lipinski definition) is 1. The van der Waals surface area contributed by atoms with Crippen LogP contribution < -0.4 is 5.73 Å². The molecule has 0 saturated carbocycles. The van der Waals surface area contributed by atoms with Crippen molar-refractivity contribution in [2.24, 2.45) is 0 Å². The van der Waals surface area contributed by atoms with E-state index in [4.69, 9.17) is 5.73 Å². The summed E-state index contributed by atoms with van der Waals surface area (Å²) in [6, 6.07) is 0. The van der Waals surface area contributed by atoms with E-state index < -0.39 is 0 Å². The molecule has 0 aliphatic carbocycles. The minimum absolute atomic E-state index is 0.355. The molecule has 0 atom stereocenters. The van der Waals surface area contributed by atoms with Crippen LogP contribution in [0.2, 0.25) is 0 Å². The SMILES string of the molecule is C[N+](C)=Cc1cnoc1N. The van der Waals surface area contributed by atoms with Gasteiger partial charge < -0.3 is 10.3 Å². The molecule has 0 spiro atoms. The second-order valence-electron chi connectivity index (χ2n) is 2.24. The van der Waals surface area contributed by atoms with Gasteiger partial charge in [-0.15, -0.1) is 0 Å². The van der Waals surface area contributed by atoms with Crippen molar-refractivity contribution in [1.82, 2.24) is 5.16 Å². The molecular formula is C6H10N3O+. The number of nitrogens with zero attached hydrogens (tertiary/aromatic N) is 2. The number of aromatic nitrogens is 1. The summed E-state index contributed by atoms with van der Waals surface area (Å²) in [7, 11) is 3.82. The first-order valence-corrected chi connectivity index (χ1v) is 2.91. The van der Waals surface area contributed by atoms with Gasteiger partial charge in [-0.05, 0) is 0 Å². The highest BCUT2D eigenvalue weighted by Crippen LogP contribution is 2.04. The third-order valence-corrected chi connectivity index (χ3v) is 1.02. The molecule has 2 N–H and O–H groups in total. The lowest BCUT2D eigenvalue weighted by Crippen LogP contribution is -2.00. The van der Waals surface area contributed by atoms with Crippen LogP contribution in [0.15, 0.2) is 10.7 Å². The first-order chi connectivity index (χ1) is 4.70. The number of rotatable bonds is 1. The minimum Gasteiger partial charge on any atom is -0.367 e. The van der Waals surface area contributed by atoms with Gasteiger partial charge in [0.15, 0.2) is 6.21 Å². The summed E-state index contributed by atoms with van der Waals surface area (Å²) in [6.07, 6.45) is 3.42. The largest absolute Gasteiger partial charge is 0.367 e. The fourth-order valence-corrected chi connectivity index (χ4v) is 0.631. The Labute approximate surface area is 58.9 Å². The van der Waals surface area contributed by atoms with Crippen LogP contribution in [0.4, 0.5) is 5.88 Å². The molecule has 1 rings (SSSR count). The van der Waals surface area contributed by atoms with Crippen molar-refractivity contribution in [3.63, 3.8) is 0 Å². The van der Waals surface area contributed by atoms with Crippen LogP contribution in [0.25, 0.3) is 0 Å². The van der Waals surface area contributed by atoms with Crippen LogP contribution in [-0.2, 0) is 0 Å². The van der Waals surface area contributed by atoms with Gasteiger partial charge in [0.25, 0.3) is 0 Å². The maximum atomic E-state index is 5.40. The maximum Gasteiger partial charge on any atom is 0.235 e. The van der Waals surface area contributed by atoms with Gasteiger partial charge in [-0.2, -0.15) is 0 Å². The Morgan fingerprint density at radius 1 is 1.70 bits per heavy atom. The average molecular weight is 140 g/mol. The summed E-state index contributed by atoms with van der Waals surface area (Å²) >= 11 is 0. The summed E-state index contributed by atoms with van der Waals surface area (Å²) in [5, 5.41) is 3.52. The van der Waals surface area contributed by atoms with Crippen molar-refractivity contribution in [1.29, 1.82) is 0 Å². The lowest BCUT2D eigenvalue weighted by atomic mass is 10.4. The predicted octanol–water partition coefficient (Wildman–Crippen LogP) is -0.0522. The molecule has 0 fully saturated rings. The third-order valence-electron chi connectivity index (χ3n) is 1.02. The highest BCUT2D eigenvalue weighted by atomic mass is 16.5. The highest BCUT2D eigenvalue weighted by Gasteiger charge is 2.02. The molecule has 54 valence electrons. The summed E-state index contributed by atoms with van der Waals surface area (Å²) in [6.45, 7) is 0. The molecule has 0 aliphatic rings. The molecule has 0 bridgehead atoms. The van der Waals surface area contributed by atoms with Gasteiger partial charge >= 0.3 is 0 Å².